The van der Waals surface area contributed by atoms with Crippen molar-refractivity contribution in [1.29, 1.82) is 0 Å². The number of aliphatic imine (C=N–C) groups is 1. The molecule has 2 heterocycles. The minimum absolute atomic E-state index is 0.00195. The molecule has 1 atom stereocenters. The van der Waals surface area contributed by atoms with E-state index >= 15 is 0 Å². The Balaban J connectivity index is 2.11. The van der Waals surface area contributed by atoms with E-state index in [1.165, 1.54) is 0 Å². The van der Waals surface area contributed by atoms with Gasteiger partial charge in [0.2, 0.25) is 5.91 Å². The number of benzene rings is 1. The highest BCUT2D eigenvalue weighted by Gasteiger charge is 2.30. The number of rotatable bonds is 3. The van der Waals surface area contributed by atoms with Gasteiger partial charge in [-0.3, -0.25) is 9.59 Å². The predicted molar refractivity (Wildman–Crippen MR) is 95.6 cm³/mol. The molecule has 0 saturated carbocycles. The first kappa shape index (κ1) is 17.1. The molecule has 1 aromatic carbocycles. The lowest BCUT2D eigenvalue weighted by Gasteiger charge is -2.20. The van der Waals surface area contributed by atoms with Crippen LogP contribution in [0.3, 0.4) is 0 Å². The zero-order chi connectivity index (χ0) is 18.0. The second-order valence-corrected chi connectivity index (χ2v) is 5.99. The van der Waals surface area contributed by atoms with Crippen LogP contribution >= 0.6 is 0 Å². The number of allylic oxidation sites excluding steroid dienone is 2. The Hall–Kier alpha value is -2.77. The number of carbonyl (C=O) groups excluding carboxylic acids is 2. The Morgan fingerprint density at radius 1 is 1.44 bits per heavy atom. The van der Waals surface area contributed by atoms with Gasteiger partial charge in [0.1, 0.15) is 5.84 Å². The van der Waals surface area contributed by atoms with Gasteiger partial charge in [0.25, 0.3) is 0 Å². The number of nitrogens with one attached hydrogen (secondary N) is 2. The molecule has 0 fully saturated rings. The van der Waals surface area contributed by atoms with Crippen molar-refractivity contribution in [3.63, 3.8) is 0 Å². The Morgan fingerprint density at radius 2 is 2.20 bits per heavy atom. The van der Waals surface area contributed by atoms with Crippen molar-refractivity contribution in [1.82, 2.24) is 5.32 Å². The third-order valence-electron chi connectivity index (χ3n) is 4.06. The molecule has 5 N–H and O–H groups in total. The van der Waals surface area contributed by atoms with Crippen molar-refractivity contribution in [2.24, 2.45) is 10.7 Å². The van der Waals surface area contributed by atoms with E-state index in [4.69, 9.17) is 5.73 Å². The number of nitrogens with zero attached hydrogens (tertiary/aromatic N) is 1. The van der Waals surface area contributed by atoms with Gasteiger partial charge in [-0.2, -0.15) is 0 Å². The van der Waals surface area contributed by atoms with Crippen molar-refractivity contribution in [2.75, 3.05) is 11.9 Å². The molecule has 1 aromatic rings. The number of anilines is 1. The Labute approximate surface area is 145 Å². The molecule has 0 aliphatic carbocycles. The van der Waals surface area contributed by atoms with Gasteiger partial charge in [-0.15, -0.1) is 0 Å². The zero-order valence-electron chi connectivity index (χ0n) is 13.9. The first-order valence-corrected chi connectivity index (χ1v) is 8.09. The summed E-state index contributed by atoms with van der Waals surface area (Å²) in [5.41, 5.74) is 8.80. The van der Waals surface area contributed by atoms with Crippen molar-refractivity contribution in [2.45, 2.75) is 25.8 Å². The molecule has 1 amide bonds. The third-order valence-corrected chi connectivity index (χ3v) is 4.06. The molecule has 3 rings (SSSR count). The van der Waals surface area contributed by atoms with Crippen molar-refractivity contribution >= 4 is 28.8 Å². The highest BCUT2D eigenvalue weighted by atomic mass is 16.3. The van der Waals surface area contributed by atoms with E-state index in [0.717, 1.165) is 11.3 Å². The maximum absolute atomic E-state index is 12.8. The summed E-state index contributed by atoms with van der Waals surface area (Å²) in [5.74, 6) is -0.255. The van der Waals surface area contributed by atoms with Gasteiger partial charge >= 0.3 is 0 Å². The maximum Gasteiger partial charge on any atom is 0.241 e. The molecule has 25 heavy (non-hydrogen) atoms. The normalized spacial score (nSPS) is 17.5. The van der Waals surface area contributed by atoms with E-state index in [9.17, 15) is 14.7 Å². The lowest BCUT2D eigenvalue weighted by molar-refractivity contribution is -0.120. The molecular weight excluding hydrogens is 320 g/mol. The Bertz CT molecular complexity index is 821. The molecule has 0 saturated heterocycles. The van der Waals surface area contributed by atoms with Gasteiger partial charge in [0.15, 0.2) is 5.78 Å². The van der Waals surface area contributed by atoms with Crippen molar-refractivity contribution in [3.8, 4) is 0 Å². The van der Waals surface area contributed by atoms with Crippen LogP contribution < -0.4 is 16.4 Å². The van der Waals surface area contributed by atoms with E-state index < -0.39 is 11.9 Å². The molecule has 0 aromatic heterocycles. The lowest BCUT2D eigenvalue weighted by atomic mass is 9.91. The van der Waals surface area contributed by atoms with E-state index in [-0.39, 0.29) is 24.6 Å². The first-order valence-electron chi connectivity index (χ1n) is 8.09. The molecule has 7 nitrogen and oxygen atoms in total. The highest BCUT2D eigenvalue weighted by molar-refractivity contribution is 6.31. The standard InChI is InChI=1S/C18H20N4O3/c1-10(19)18(25)22-15-8-14(24)16-12-4-2-3-5-13(12)20-9-11(6-7-23)17(16)21-15/h2-5,9-10,20,23H,6-8,19H2,1H3,(H,21,22,25)/t10-/m0/s1. The number of aliphatic hydroxyl groups excluding tert-OH is 1. The van der Waals surface area contributed by atoms with Crippen LogP contribution in [-0.4, -0.2) is 35.3 Å². The van der Waals surface area contributed by atoms with E-state index in [1.807, 2.05) is 24.3 Å². The number of fused-ring (bicyclic) bond motifs is 2. The summed E-state index contributed by atoms with van der Waals surface area (Å²) in [6.07, 6.45) is 2.08. The second kappa shape index (κ2) is 7.00. The van der Waals surface area contributed by atoms with Crippen LogP contribution in [0.15, 0.2) is 46.7 Å². The molecular formula is C18H20N4O3. The number of hydrogen-bond donors (Lipinski definition) is 4. The summed E-state index contributed by atoms with van der Waals surface area (Å²) in [6.45, 7) is 1.49. The smallest absolute Gasteiger partial charge is 0.241 e. The molecule has 2 aliphatic rings. The number of carbonyl (C=O) groups is 2. The number of hydrogen-bond acceptors (Lipinski definition) is 6. The average Bonchev–Trinajstić information content (AvgIpc) is 2.73. The van der Waals surface area contributed by atoms with Crippen LogP contribution in [0.25, 0.3) is 5.57 Å². The van der Waals surface area contributed by atoms with Crippen LogP contribution in [0.4, 0.5) is 5.69 Å². The summed E-state index contributed by atoms with van der Waals surface area (Å²) in [7, 11) is 0. The van der Waals surface area contributed by atoms with Crippen molar-refractivity contribution in [3.05, 3.63) is 47.3 Å². The molecule has 0 radical (unpaired) electrons. The maximum atomic E-state index is 12.8. The summed E-state index contributed by atoms with van der Waals surface area (Å²) >= 11 is 0. The fourth-order valence-corrected chi connectivity index (χ4v) is 2.81. The largest absolute Gasteiger partial charge is 0.396 e. The van der Waals surface area contributed by atoms with Crippen LogP contribution in [0.5, 0.6) is 0 Å². The summed E-state index contributed by atoms with van der Waals surface area (Å²) < 4.78 is 0. The Kier molecular flexibility index (Phi) is 4.78. The monoisotopic (exact) mass is 340 g/mol. The quantitative estimate of drug-likeness (QED) is 0.653. The zero-order valence-corrected chi connectivity index (χ0v) is 13.9. The third kappa shape index (κ3) is 3.38. The SMILES string of the molecule is C[C@H](N)C(=O)NC1=NC2=C(C(=O)C1)c1ccccc1NC=C2CCO. The van der Waals surface area contributed by atoms with E-state index in [2.05, 4.69) is 15.6 Å². The summed E-state index contributed by atoms with van der Waals surface area (Å²) in [4.78, 5) is 29.2. The van der Waals surface area contributed by atoms with Crippen LogP contribution in [-0.2, 0) is 9.59 Å². The minimum atomic E-state index is -0.697. The average molecular weight is 340 g/mol. The molecule has 0 unspecified atom stereocenters. The number of ketones is 1. The summed E-state index contributed by atoms with van der Waals surface area (Å²) in [6, 6.07) is 6.76. The fourth-order valence-electron chi connectivity index (χ4n) is 2.81. The molecule has 2 aliphatic heterocycles. The van der Waals surface area contributed by atoms with Crippen LogP contribution in [0.2, 0.25) is 0 Å². The molecule has 130 valence electrons. The van der Waals surface area contributed by atoms with E-state index in [1.54, 1.807) is 13.1 Å². The van der Waals surface area contributed by atoms with Gasteiger partial charge in [-0.05, 0) is 25.0 Å². The molecule has 7 heteroatoms. The fraction of sp³-hybridized carbons (Fsp3) is 0.278. The second-order valence-electron chi connectivity index (χ2n) is 5.99. The lowest BCUT2D eigenvalue weighted by Crippen LogP contribution is -2.43. The minimum Gasteiger partial charge on any atom is -0.396 e. The van der Waals surface area contributed by atoms with Crippen LogP contribution in [0.1, 0.15) is 25.3 Å². The molecule has 0 spiro atoms. The van der Waals surface area contributed by atoms with E-state index in [0.29, 0.717) is 23.3 Å². The van der Waals surface area contributed by atoms with Gasteiger partial charge < -0.3 is 21.5 Å². The number of nitrogens with two attached hydrogens (primary N) is 1. The number of para-hydroxylation sites is 1. The first-order chi connectivity index (χ1) is 12.0. The van der Waals surface area contributed by atoms with Gasteiger partial charge in [0.05, 0.1) is 23.7 Å². The van der Waals surface area contributed by atoms with Crippen LogP contribution in [0, 0.1) is 0 Å². The number of amides is 1. The number of amidine groups is 1. The molecule has 0 bridgehead atoms. The predicted octanol–water partition coefficient (Wildman–Crippen LogP) is 0.924. The van der Waals surface area contributed by atoms with Gasteiger partial charge in [-0.1, -0.05) is 18.2 Å². The number of Topliss-reactive ketones (excluding diaryl/α,β-unsaturated/α-hetero) is 1. The van der Waals surface area contributed by atoms with Crippen molar-refractivity contribution < 1.29 is 14.7 Å². The number of aliphatic hydroxyl groups is 1. The topological polar surface area (TPSA) is 117 Å². The highest BCUT2D eigenvalue weighted by Crippen LogP contribution is 2.37. The van der Waals surface area contributed by atoms with Gasteiger partial charge in [0, 0.05) is 24.1 Å². The summed E-state index contributed by atoms with van der Waals surface area (Å²) in [5, 5.41) is 15.1. The Morgan fingerprint density at radius 3 is 2.92 bits per heavy atom. The van der Waals surface area contributed by atoms with Gasteiger partial charge in [-0.25, -0.2) is 4.99 Å².